The van der Waals surface area contributed by atoms with Crippen LogP contribution in [0.3, 0.4) is 0 Å². The van der Waals surface area contributed by atoms with E-state index < -0.39 is 0 Å². The monoisotopic (exact) mass is 311 g/mol. The van der Waals surface area contributed by atoms with Gasteiger partial charge in [-0.25, -0.2) is 4.98 Å². The zero-order valence-electron chi connectivity index (χ0n) is 12.6. The smallest absolute Gasteiger partial charge is 0.275 e. The summed E-state index contributed by atoms with van der Waals surface area (Å²) in [5.74, 6) is -0.245. The van der Waals surface area contributed by atoms with Crippen LogP contribution in [0.2, 0.25) is 0 Å². The van der Waals surface area contributed by atoms with E-state index in [-0.39, 0.29) is 12.0 Å². The standard InChI is InChI=1S/C16H17N5O2/c22-16(14-11-20-6-2-1-5-15(20)19-14)18-12-8-17-21(9-12)10-13-4-3-7-23-13/h1-2,5-6,8-9,11,13H,3-4,7,10H2,(H,18,22). The Kier molecular flexibility index (Phi) is 3.55. The fourth-order valence-corrected chi connectivity index (χ4v) is 2.76. The van der Waals surface area contributed by atoms with Gasteiger partial charge in [-0.3, -0.25) is 9.48 Å². The minimum atomic E-state index is -0.245. The molecule has 1 unspecified atom stereocenters. The van der Waals surface area contributed by atoms with Gasteiger partial charge >= 0.3 is 0 Å². The second-order valence-electron chi connectivity index (χ2n) is 5.63. The van der Waals surface area contributed by atoms with E-state index in [2.05, 4.69) is 15.4 Å². The summed E-state index contributed by atoms with van der Waals surface area (Å²) in [5.41, 5.74) is 1.78. The normalized spacial score (nSPS) is 17.7. The van der Waals surface area contributed by atoms with Gasteiger partial charge in [0.05, 0.1) is 24.5 Å². The Bertz CT molecular complexity index is 799. The lowest BCUT2D eigenvalue weighted by atomic mass is 10.2. The number of ether oxygens (including phenoxy) is 1. The molecule has 0 saturated carbocycles. The van der Waals surface area contributed by atoms with Crippen LogP contribution in [0.4, 0.5) is 5.69 Å². The number of rotatable bonds is 4. The molecule has 4 heterocycles. The van der Waals surface area contributed by atoms with Gasteiger partial charge < -0.3 is 14.5 Å². The van der Waals surface area contributed by atoms with Crippen molar-refractivity contribution in [3.8, 4) is 0 Å². The summed E-state index contributed by atoms with van der Waals surface area (Å²) >= 11 is 0. The van der Waals surface area contributed by atoms with Crippen molar-refractivity contribution in [1.82, 2.24) is 19.2 Å². The molecule has 1 N–H and O–H groups in total. The molecule has 1 fully saturated rings. The van der Waals surface area contributed by atoms with Crippen molar-refractivity contribution >= 4 is 17.2 Å². The topological polar surface area (TPSA) is 73.5 Å². The lowest BCUT2D eigenvalue weighted by Gasteiger charge is -2.08. The Hall–Kier alpha value is -2.67. The molecular formula is C16H17N5O2. The van der Waals surface area contributed by atoms with Crippen LogP contribution in [0.5, 0.6) is 0 Å². The average molecular weight is 311 g/mol. The molecule has 0 radical (unpaired) electrons. The molecule has 23 heavy (non-hydrogen) atoms. The number of carbonyl (C=O) groups is 1. The Morgan fingerprint density at radius 1 is 1.39 bits per heavy atom. The molecule has 1 aliphatic rings. The quantitative estimate of drug-likeness (QED) is 0.799. The maximum atomic E-state index is 12.3. The molecule has 0 aliphatic carbocycles. The van der Waals surface area contributed by atoms with E-state index in [9.17, 15) is 4.79 Å². The average Bonchev–Trinajstić information content (AvgIpc) is 3.28. The maximum absolute atomic E-state index is 12.3. The molecule has 1 atom stereocenters. The summed E-state index contributed by atoms with van der Waals surface area (Å²) in [6.07, 6.45) is 9.40. The van der Waals surface area contributed by atoms with E-state index in [1.165, 1.54) is 0 Å². The molecule has 0 bridgehead atoms. The molecule has 0 spiro atoms. The summed E-state index contributed by atoms with van der Waals surface area (Å²) in [6, 6.07) is 5.64. The Balaban J connectivity index is 1.44. The van der Waals surface area contributed by atoms with Crippen molar-refractivity contribution in [2.24, 2.45) is 0 Å². The number of nitrogens with zero attached hydrogens (tertiary/aromatic N) is 4. The number of nitrogens with one attached hydrogen (secondary N) is 1. The van der Waals surface area contributed by atoms with Crippen molar-refractivity contribution in [3.05, 3.63) is 48.7 Å². The van der Waals surface area contributed by atoms with Gasteiger partial charge in [0.15, 0.2) is 0 Å². The molecule has 118 valence electrons. The zero-order valence-corrected chi connectivity index (χ0v) is 12.6. The van der Waals surface area contributed by atoms with Crippen molar-refractivity contribution in [3.63, 3.8) is 0 Å². The van der Waals surface area contributed by atoms with Crippen LogP contribution in [0, 0.1) is 0 Å². The third-order valence-corrected chi connectivity index (χ3v) is 3.90. The first-order chi connectivity index (χ1) is 11.3. The predicted molar refractivity (Wildman–Crippen MR) is 84.3 cm³/mol. The molecule has 4 rings (SSSR count). The van der Waals surface area contributed by atoms with Crippen LogP contribution in [0.25, 0.3) is 5.65 Å². The van der Waals surface area contributed by atoms with E-state index in [0.717, 1.165) is 25.1 Å². The van der Waals surface area contributed by atoms with E-state index in [0.29, 0.717) is 17.9 Å². The summed E-state index contributed by atoms with van der Waals surface area (Å²) in [6.45, 7) is 1.54. The summed E-state index contributed by atoms with van der Waals surface area (Å²) < 4.78 is 9.21. The van der Waals surface area contributed by atoms with Crippen LogP contribution in [0.15, 0.2) is 43.0 Å². The number of anilines is 1. The zero-order chi connectivity index (χ0) is 15.6. The van der Waals surface area contributed by atoms with Crippen molar-refractivity contribution < 1.29 is 9.53 Å². The van der Waals surface area contributed by atoms with E-state index in [4.69, 9.17) is 4.74 Å². The number of amides is 1. The first-order valence-electron chi connectivity index (χ1n) is 7.67. The van der Waals surface area contributed by atoms with Gasteiger partial charge in [0.25, 0.3) is 5.91 Å². The van der Waals surface area contributed by atoms with Crippen molar-refractivity contribution in [2.75, 3.05) is 11.9 Å². The fraction of sp³-hybridized carbons (Fsp3) is 0.312. The molecule has 0 aromatic carbocycles. The first-order valence-corrected chi connectivity index (χ1v) is 7.67. The van der Waals surface area contributed by atoms with Gasteiger partial charge in [0.2, 0.25) is 0 Å². The fourth-order valence-electron chi connectivity index (χ4n) is 2.76. The Labute approximate surface area is 132 Å². The van der Waals surface area contributed by atoms with Gasteiger partial charge in [0.1, 0.15) is 11.3 Å². The highest BCUT2D eigenvalue weighted by Gasteiger charge is 2.17. The highest BCUT2D eigenvalue weighted by molar-refractivity contribution is 6.03. The number of imidazole rings is 1. The van der Waals surface area contributed by atoms with Gasteiger partial charge in [0, 0.05) is 25.2 Å². The highest BCUT2D eigenvalue weighted by Crippen LogP contribution is 2.15. The number of carbonyl (C=O) groups excluding carboxylic acids is 1. The van der Waals surface area contributed by atoms with Crippen molar-refractivity contribution in [1.29, 1.82) is 0 Å². The number of pyridine rings is 1. The Morgan fingerprint density at radius 2 is 2.35 bits per heavy atom. The molecule has 1 amide bonds. The minimum absolute atomic E-state index is 0.219. The molecule has 7 heteroatoms. The van der Waals surface area contributed by atoms with Crippen LogP contribution < -0.4 is 5.32 Å². The number of aromatic nitrogens is 4. The van der Waals surface area contributed by atoms with Gasteiger partial charge in [-0.1, -0.05) is 6.07 Å². The summed E-state index contributed by atoms with van der Waals surface area (Å²) in [7, 11) is 0. The second-order valence-corrected chi connectivity index (χ2v) is 5.63. The third-order valence-electron chi connectivity index (χ3n) is 3.90. The third kappa shape index (κ3) is 2.95. The van der Waals surface area contributed by atoms with Gasteiger partial charge in [-0.2, -0.15) is 5.10 Å². The van der Waals surface area contributed by atoms with E-state index >= 15 is 0 Å². The Morgan fingerprint density at radius 3 is 3.17 bits per heavy atom. The lowest BCUT2D eigenvalue weighted by Crippen LogP contribution is -2.15. The largest absolute Gasteiger partial charge is 0.376 e. The van der Waals surface area contributed by atoms with Gasteiger partial charge in [-0.15, -0.1) is 0 Å². The SMILES string of the molecule is O=C(Nc1cnn(CC2CCCO2)c1)c1cn2ccccc2n1. The molecule has 7 nitrogen and oxygen atoms in total. The first kappa shape index (κ1) is 14.0. The summed E-state index contributed by atoms with van der Waals surface area (Å²) in [4.78, 5) is 16.6. The van der Waals surface area contributed by atoms with E-state index in [1.807, 2.05) is 35.0 Å². The minimum Gasteiger partial charge on any atom is -0.376 e. The molecule has 1 saturated heterocycles. The van der Waals surface area contributed by atoms with Gasteiger partial charge in [-0.05, 0) is 25.0 Å². The number of fused-ring (bicyclic) bond motifs is 1. The highest BCUT2D eigenvalue weighted by atomic mass is 16.5. The second kappa shape index (κ2) is 5.85. The van der Waals surface area contributed by atoms with Crippen LogP contribution >= 0.6 is 0 Å². The van der Waals surface area contributed by atoms with Crippen LogP contribution in [0.1, 0.15) is 23.3 Å². The van der Waals surface area contributed by atoms with Crippen LogP contribution in [-0.2, 0) is 11.3 Å². The predicted octanol–water partition coefficient (Wildman–Crippen LogP) is 1.96. The van der Waals surface area contributed by atoms with Crippen LogP contribution in [-0.4, -0.2) is 37.8 Å². The number of hydrogen-bond donors (Lipinski definition) is 1. The van der Waals surface area contributed by atoms with E-state index in [1.54, 1.807) is 17.1 Å². The summed E-state index contributed by atoms with van der Waals surface area (Å²) in [5, 5.41) is 7.09. The molecular weight excluding hydrogens is 294 g/mol. The molecule has 3 aromatic heterocycles. The maximum Gasteiger partial charge on any atom is 0.275 e. The molecule has 1 aliphatic heterocycles. The molecule has 3 aromatic rings. The lowest BCUT2D eigenvalue weighted by molar-refractivity contribution is 0.0940. The van der Waals surface area contributed by atoms with Crippen molar-refractivity contribution in [2.45, 2.75) is 25.5 Å². The number of hydrogen-bond acceptors (Lipinski definition) is 4.